The fourth-order valence-electron chi connectivity index (χ4n) is 3.13. The molecule has 0 aromatic rings. The first-order valence-electron chi connectivity index (χ1n) is 6.59. The monoisotopic (exact) mass is 210 g/mol. The Morgan fingerprint density at radius 2 is 2.00 bits per heavy atom. The van der Waals surface area contributed by atoms with Crippen LogP contribution in [0, 0.1) is 11.3 Å². The van der Waals surface area contributed by atoms with E-state index in [2.05, 4.69) is 24.1 Å². The molecule has 2 aliphatic heterocycles. The molecule has 15 heavy (non-hydrogen) atoms. The van der Waals surface area contributed by atoms with Gasteiger partial charge in [0.25, 0.3) is 0 Å². The van der Waals surface area contributed by atoms with Gasteiger partial charge in [0.15, 0.2) is 0 Å². The van der Waals surface area contributed by atoms with Crippen LogP contribution in [0.1, 0.15) is 39.5 Å². The van der Waals surface area contributed by atoms with Crippen LogP contribution in [0.2, 0.25) is 0 Å². The topological polar surface area (TPSA) is 15.3 Å². The van der Waals surface area contributed by atoms with Gasteiger partial charge in [-0.25, -0.2) is 0 Å². The third-order valence-corrected chi connectivity index (χ3v) is 3.95. The molecule has 2 nitrogen and oxygen atoms in total. The van der Waals surface area contributed by atoms with Crippen LogP contribution in [-0.2, 0) is 0 Å². The van der Waals surface area contributed by atoms with E-state index in [1.165, 1.54) is 58.4 Å². The molecule has 2 rings (SSSR count). The largest absolute Gasteiger partial charge is 0.317 e. The molecule has 88 valence electrons. The molecule has 0 saturated carbocycles. The molecule has 0 spiro atoms. The number of hydrogen-bond donors (Lipinski definition) is 1. The lowest BCUT2D eigenvalue weighted by molar-refractivity contribution is 0.0954. The molecule has 0 amide bonds. The van der Waals surface area contributed by atoms with Gasteiger partial charge in [-0.05, 0) is 56.7 Å². The Bertz CT molecular complexity index is 195. The average Bonchev–Trinajstić information content (AvgIpc) is 2.17. The lowest BCUT2D eigenvalue weighted by Gasteiger charge is -2.40. The summed E-state index contributed by atoms with van der Waals surface area (Å²) in [6, 6.07) is 0. The summed E-state index contributed by atoms with van der Waals surface area (Å²) in [6.45, 7) is 11.3. The van der Waals surface area contributed by atoms with Crippen LogP contribution >= 0.6 is 0 Å². The van der Waals surface area contributed by atoms with E-state index in [0.29, 0.717) is 5.41 Å². The Morgan fingerprint density at radius 3 is 2.67 bits per heavy atom. The van der Waals surface area contributed by atoms with E-state index in [0.717, 1.165) is 5.92 Å². The van der Waals surface area contributed by atoms with Gasteiger partial charge in [-0.1, -0.05) is 13.8 Å². The number of piperidine rings is 2. The smallest absolute Gasteiger partial charge is 0.00328 e. The van der Waals surface area contributed by atoms with Gasteiger partial charge in [0.1, 0.15) is 0 Å². The van der Waals surface area contributed by atoms with Crippen LogP contribution < -0.4 is 5.32 Å². The highest BCUT2D eigenvalue weighted by Crippen LogP contribution is 2.29. The molecule has 2 fully saturated rings. The third-order valence-electron chi connectivity index (χ3n) is 3.95. The molecule has 0 aromatic heterocycles. The molecule has 0 radical (unpaired) electrons. The van der Waals surface area contributed by atoms with Crippen molar-refractivity contribution in [2.75, 3.05) is 32.7 Å². The highest BCUT2D eigenvalue weighted by Gasteiger charge is 2.27. The third kappa shape index (κ3) is 3.46. The van der Waals surface area contributed by atoms with Crippen molar-refractivity contribution in [3.8, 4) is 0 Å². The summed E-state index contributed by atoms with van der Waals surface area (Å²) in [5, 5.41) is 3.45. The molecule has 1 N–H and O–H groups in total. The minimum atomic E-state index is 0.561. The van der Waals surface area contributed by atoms with Crippen molar-refractivity contribution in [3.63, 3.8) is 0 Å². The summed E-state index contributed by atoms with van der Waals surface area (Å²) in [7, 11) is 0. The molecule has 0 aliphatic carbocycles. The van der Waals surface area contributed by atoms with E-state index in [4.69, 9.17) is 0 Å². The molecule has 0 bridgehead atoms. The number of hydrogen-bond acceptors (Lipinski definition) is 2. The minimum absolute atomic E-state index is 0.561. The Balaban J connectivity index is 1.78. The maximum atomic E-state index is 3.45. The summed E-state index contributed by atoms with van der Waals surface area (Å²) >= 11 is 0. The molecular weight excluding hydrogens is 184 g/mol. The predicted octanol–water partition coefficient (Wildman–Crippen LogP) is 2.11. The van der Waals surface area contributed by atoms with E-state index in [9.17, 15) is 0 Å². The number of rotatable bonds is 2. The Hall–Kier alpha value is -0.0800. The van der Waals surface area contributed by atoms with E-state index in [1.807, 2.05) is 0 Å². The fraction of sp³-hybridized carbons (Fsp3) is 1.00. The summed E-state index contributed by atoms with van der Waals surface area (Å²) in [5.41, 5.74) is 0.561. The van der Waals surface area contributed by atoms with Crippen molar-refractivity contribution in [1.82, 2.24) is 10.2 Å². The Morgan fingerprint density at radius 1 is 1.27 bits per heavy atom. The van der Waals surface area contributed by atoms with Crippen molar-refractivity contribution in [1.29, 1.82) is 0 Å². The van der Waals surface area contributed by atoms with Gasteiger partial charge in [0, 0.05) is 13.1 Å². The van der Waals surface area contributed by atoms with Crippen LogP contribution in [-0.4, -0.2) is 37.6 Å². The lowest BCUT2D eigenvalue weighted by atomic mass is 9.83. The van der Waals surface area contributed by atoms with E-state index in [1.54, 1.807) is 0 Å². The second kappa shape index (κ2) is 4.84. The van der Waals surface area contributed by atoms with Crippen molar-refractivity contribution in [3.05, 3.63) is 0 Å². The van der Waals surface area contributed by atoms with Crippen molar-refractivity contribution >= 4 is 0 Å². The second-order valence-electron chi connectivity index (χ2n) is 6.20. The van der Waals surface area contributed by atoms with E-state index >= 15 is 0 Å². The normalized spacial score (nSPS) is 29.2. The van der Waals surface area contributed by atoms with Gasteiger partial charge in [-0.2, -0.15) is 0 Å². The zero-order chi connectivity index (χ0) is 10.7. The number of nitrogens with one attached hydrogen (secondary N) is 1. The molecule has 0 unspecified atom stereocenters. The predicted molar refractivity (Wildman–Crippen MR) is 65.0 cm³/mol. The highest BCUT2D eigenvalue weighted by atomic mass is 15.1. The zero-order valence-corrected chi connectivity index (χ0v) is 10.4. The van der Waals surface area contributed by atoms with Crippen molar-refractivity contribution in [2.24, 2.45) is 11.3 Å². The minimum Gasteiger partial charge on any atom is -0.317 e. The van der Waals surface area contributed by atoms with Gasteiger partial charge in [0.05, 0.1) is 0 Å². The molecule has 2 heteroatoms. The van der Waals surface area contributed by atoms with Gasteiger partial charge < -0.3 is 10.2 Å². The fourth-order valence-corrected chi connectivity index (χ4v) is 3.13. The van der Waals surface area contributed by atoms with E-state index in [-0.39, 0.29) is 0 Å². The van der Waals surface area contributed by atoms with Crippen molar-refractivity contribution < 1.29 is 0 Å². The summed E-state index contributed by atoms with van der Waals surface area (Å²) in [5.74, 6) is 0.958. The van der Waals surface area contributed by atoms with Gasteiger partial charge in [-0.3, -0.25) is 0 Å². The van der Waals surface area contributed by atoms with Crippen LogP contribution in [0.4, 0.5) is 0 Å². The first kappa shape index (κ1) is 11.4. The standard InChI is InChI=1S/C13H26N2/c1-13(2)6-3-9-15(11-13)10-12-4-7-14-8-5-12/h12,14H,3-11H2,1-2H3. The van der Waals surface area contributed by atoms with Crippen LogP contribution in [0.25, 0.3) is 0 Å². The zero-order valence-electron chi connectivity index (χ0n) is 10.4. The maximum absolute atomic E-state index is 3.45. The first-order valence-corrected chi connectivity index (χ1v) is 6.59. The Kier molecular flexibility index (Phi) is 3.68. The van der Waals surface area contributed by atoms with Gasteiger partial charge >= 0.3 is 0 Å². The summed E-state index contributed by atoms with van der Waals surface area (Å²) in [6.07, 6.45) is 5.58. The van der Waals surface area contributed by atoms with Crippen LogP contribution in [0.5, 0.6) is 0 Å². The first-order chi connectivity index (χ1) is 7.16. The number of likely N-dealkylation sites (tertiary alicyclic amines) is 1. The van der Waals surface area contributed by atoms with Gasteiger partial charge in [0.2, 0.25) is 0 Å². The molecule has 2 heterocycles. The second-order valence-corrected chi connectivity index (χ2v) is 6.20. The molecule has 2 saturated heterocycles. The van der Waals surface area contributed by atoms with Crippen molar-refractivity contribution in [2.45, 2.75) is 39.5 Å². The summed E-state index contributed by atoms with van der Waals surface area (Å²) in [4.78, 5) is 2.71. The average molecular weight is 210 g/mol. The lowest BCUT2D eigenvalue weighted by Crippen LogP contribution is -2.44. The molecular formula is C13H26N2. The molecule has 2 aliphatic rings. The Labute approximate surface area is 94.4 Å². The molecule has 0 aromatic carbocycles. The molecule has 0 atom stereocenters. The quantitative estimate of drug-likeness (QED) is 0.751. The summed E-state index contributed by atoms with van der Waals surface area (Å²) < 4.78 is 0. The van der Waals surface area contributed by atoms with Crippen LogP contribution in [0.15, 0.2) is 0 Å². The van der Waals surface area contributed by atoms with E-state index < -0.39 is 0 Å². The van der Waals surface area contributed by atoms with Crippen LogP contribution in [0.3, 0.4) is 0 Å². The highest BCUT2D eigenvalue weighted by molar-refractivity contribution is 4.82. The maximum Gasteiger partial charge on any atom is 0.00328 e. The SMILES string of the molecule is CC1(C)CCCN(CC2CCNCC2)C1. The van der Waals surface area contributed by atoms with Gasteiger partial charge in [-0.15, -0.1) is 0 Å². The number of nitrogens with zero attached hydrogens (tertiary/aromatic N) is 1.